The Bertz CT molecular complexity index is 630. The molecule has 2 aliphatic rings. The normalized spacial score (nSPS) is 19.1. The van der Waals surface area contributed by atoms with E-state index in [-0.39, 0.29) is 22.5 Å². The summed E-state index contributed by atoms with van der Waals surface area (Å²) in [6, 6.07) is 0. The molecule has 0 unspecified atom stereocenters. The number of allylic oxidation sites excluding steroid dienone is 5. The van der Waals surface area contributed by atoms with Gasteiger partial charge in [0.1, 0.15) is 17.1 Å². The van der Waals surface area contributed by atoms with E-state index in [4.69, 9.17) is 17.0 Å². The first-order valence-electron chi connectivity index (χ1n) is 7.06. The number of carbonyl (C=O) groups excluding carboxylic acids is 2. The van der Waals surface area contributed by atoms with Gasteiger partial charge in [0.05, 0.1) is 0 Å². The molecule has 0 aromatic rings. The summed E-state index contributed by atoms with van der Waals surface area (Å²) in [6.45, 7) is 9.89. The molecule has 2 aliphatic heterocycles. The minimum atomic E-state index is -0.372. The van der Waals surface area contributed by atoms with Gasteiger partial charge in [-0.25, -0.2) is 0 Å². The molecule has 5 nitrogen and oxygen atoms in total. The molecule has 0 spiro atoms. The van der Waals surface area contributed by atoms with Gasteiger partial charge in [-0.2, -0.15) is 0 Å². The maximum atomic E-state index is 12.6. The van der Waals surface area contributed by atoms with Crippen molar-refractivity contribution in [2.75, 3.05) is 13.1 Å². The molecule has 0 saturated carbocycles. The summed E-state index contributed by atoms with van der Waals surface area (Å²) in [4.78, 5) is 28.2. The van der Waals surface area contributed by atoms with Crippen LogP contribution < -0.4 is 0 Å². The van der Waals surface area contributed by atoms with Crippen molar-refractivity contribution in [3.8, 4) is 0 Å². The second-order valence-corrected chi connectivity index (χ2v) is 5.18. The molecule has 116 valence electrons. The molecule has 6 heteroatoms. The van der Waals surface area contributed by atoms with Crippen LogP contribution in [0.3, 0.4) is 0 Å². The highest BCUT2D eigenvalue weighted by molar-refractivity contribution is 7.80. The fraction of sp³-hybridized carbons (Fsp3) is 0.312. The molecular formula is C16H18N2O3S. The van der Waals surface area contributed by atoms with Crippen molar-refractivity contribution in [3.63, 3.8) is 0 Å². The summed E-state index contributed by atoms with van der Waals surface area (Å²) in [5.74, 6) is 0.354. The zero-order valence-corrected chi connectivity index (χ0v) is 13.7. The standard InChI is InChI=1S/C16H18N2O3S/c1-5-12-9-11(8-10(4)21-12)13-14(19)17(6-2)16(22)18(7-3)15(13)20/h5,8-9H,1,6-7H2,2-4H3. The van der Waals surface area contributed by atoms with Crippen molar-refractivity contribution < 1.29 is 14.3 Å². The van der Waals surface area contributed by atoms with Gasteiger partial charge in [0.25, 0.3) is 11.8 Å². The van der Waals surface area contributed by atoms with E-state index in [0.29, 0.717) is 30.2 Å². The van der Waals surface area contributed by atoms with Gasteiger partial charge in [0.2, 0.25) is 0 Å². The van der Waals surface area contributed by atoms with Crippen LogP contribution in [0.15, 0.2) is 47.5 Å². The van der Waals surface area contributed by atoms with Gasteiger partial charge in [0, 0.05) is 13.1 Å². The Hall–Kier alpha value is -2.21. The number of ether oxygens (including phenoxy) is 1. The SMILES string of the molecule is C=CC1=CC(=C2C(=O)N(CC)C(=S)N(CC)C2=O)C=C(C)O1. The van der Waals surface area contributed by atoms with E-state index >= 15 is 0 Å². The lowest BCUT2D eigenvalue weighted by Gasteiger charge is -2.36. The Morgan fingerprint density at radius 1 is 1.18 bits per heavy atom. The molecule has 2 amide bonds. The number of likely N-dealkylation sites (N-methyl/N-ethyl adjacent to an activating group) is 2. The number of rotatable bonds is 3. The van der Waals surface area contributed by atoms with Crippen LogP contribution in [0.2, 0.25) is 0 Å². The minimum Gasteiger partial charge on any atom is -0.462 e. The predicted octanol–water partition coefficient (Wildman–Crippen LogP) is 2.28. The van der Waals surface area contributed by atoms with Gasteiger partial charge in [-0.05, 0) is 56.8 Å². The number of carbonyl (C=O) groups is 2. The van der Waals surface area contributed by atoms with E-state index in [0.717, 1.165) is 0 Å². The molecule has 22 heavy (non-hydrogen) atoms. The largest absolute Gasteiger partial charge is 0.462 e. The van der Waals surface area contributed by atoms with Crippen molar-refractivity contribution in [2.45, 2.75) is 20.8 Å². The van der Waals surface area contributed by atoms with Crippen molar-refractivity contribution >= 4 is 29.1 Å². The van der Waals surface area contributed by atoms with Gasteiger partial charge >= 0.3 is 0 Å². The number of hydrogen-bond donors (Lipinski definition) is 0. The maximum Gasteiger partial charge on any atom is 0.266 e. The highest BCUT2D eigenvalue weighted by Gasteiger charge is 2.39. The summed E-state index contributed by atoms with van der Waals surface area (Å²) in [6.07, 6.45) is 4.85. The molecule has 2 rings (SSSR count). The molecular weight excluding hydrogens is 300 g/mol. The molecule has 0 radical (unpaired) electrons. The predicted molar refractivity (Wildman–Crippen MR) is 87.5 cm³/mol. The quantitative estimate of drug-likeness (QED) is 0.455. The monoisotopic (exact) mass is 318 g/mol. The lowest BCUT2D eigenvalue weighted by molar-refractivity contribution is -0.133. The lowest BCUT2D eigenvalue weighted by atomic mass is 10.0. The molecule has 0 bridgehead atoms. The van der Waals surface area contributed by atoms with Crippen LogP contribution in [0.25, 0.3) is 0 Å². The van der Waals surface area contributed by atoms with Gasteiger partial charge in [-0.1, -0.05) is 6.58 Å². The van der Waals surface area contributed by atoms with E-state index < -0.39 is 0 Å². The molecule has 2 heterocycles. The molecule has 1 saturated heterocycles. The van der Waals surface area contributed by atoms with Crippen molar-refractivity contribution in [3.05, 3.63) is 47.5 Å². The van der Waals surface area contributed by atoms with Crippen LogP contribution in [0.1, 0.15) is 20.8 Å². The van der Waals surface area contributed by atoms with Crippen molar-refractivity contribution in [1.82, 2.24) is 9.80 Å². The highest BCUT2D eigenvalue weighted by Crippen LogP contribution is 2.27. The molecule has 0 aromatic carbocycles. The zero-order chi connectivity index (χ0) is 16.4. The molecule has 0 atom stereocenters. The lowest BCUT2D eigenvalue weighted by Crippen LogP contribution is -2.56. The number of amides is 2. The van der Waals surface area contributed by atoms with Gasteiger partial charge in [-0.3, -0.25) is 19.4 Å². The maximum absolute atomic E-state index is 12.6. The Morgan fingerprint density at radius 2 is 1.73 bits per heavy atom. The summed E-state index contributed by atoms with van der Waals surface area (Å²) >= 11 is 5.24. The zero-order valence-electron chi connectivity index (χ0n) is 12.9. The van der Waals surface area contributed by atoms with Crippen LogP contribution in [0, 0.1) is 0 Å². The minimum absolute atomic E-state index is 0.110. The molecule has 0 N–H and O–H groups in total. The summed E-state index contributed by atoms with van der Waals surface area (Å²) in [7, 11) is 0. The van der Waals surface area contributed by atoms with Gasteiger partial charge < -0.3 is 4.74 Å². The highest BCUT2D eigenvalue weighted by atomic mass is 32.1. The van der Waals surface area contributed by atoms with Crippen LogP contribution in [-0.4, -0.2) is 39.8 Å². The van der Waals surface area contributed by atoms with E-state index in [1.165, 1.54) is 15.9 Å². The topological polar surface area (TPSA) is 49.9 Å². The second-order valence-electron chi connectivity index (χ2n) is 4.82. The van der Waals surface area contributed by atoms with Crippen LogP contribution in [-0.2, 0) is 14.3 Å². The third-order valence-corrected chi connectivity index (χ3v) is 3.88. The number of nitrogens with zero attached hydrogens (tertiary/aromatic N) is 2. The third kappa shape index (κ3) is 2.62. The Morgan fingerprint density at radius 3 is 2.18 bits per heavy atom. The molecule has 0 aliphatic carbocycles. The fourth-order valence-corrected chi connectivity index (χ4v) is 2.81. The van der Waals surface area contributed by atoms with E-state index in [9.17, 15) is 9.59 Å². The van der Waals surface area contributed by atoms with Crippen LogP contribution in [0.5, 0.6) is 0 Å². The summed E-state index contributed by atoms with van der Waals surface area (Å²) in [5, 5.41) is 0.255. The van der Waals surface area contributed by atoms with E-state index in [1.54, 1.807) is 19.1 Å². The first-order chi connectivity index (χ1) is 10.4. The Labute approximate surface area is 135 Å². The van der Waals surface area contributed by atoms with E-state index in [1.807, 2.05) is 13.8 Å². The van der Waals surface area contributed by atoms with Crippen molar-refractivity contribution in [2.24, 2.45) is 0 Å². The molecule has 0 aromatic heterocycles. The average molecular weight is 318 g/mol. The van der Waals surface area contributed by atoms with E-state index in [2.05, 4.69) is 6.58 Å². The van der Waals surface area contributed by atoms with Crippen molar-refractivity contribution in [1.29, 1.82) is 0 Å². The Kier molecular flexibility index (Phi) is 4.61. The van der Waals surface area contributed by atoms with Gasteiger partial charge in [0.15, 0.2) is 5.11 Å². The first-order valence-corrected chi connectivity index (χ1v) is 7.47. The van der Waals surface area contributed by atoms with Crippen LogP contribution >= 0.6 is 12.2 Å². The first kappa shape index (κ1) is 16.2. The van der Waals surface area contributed by atoms with Crippen LogP contribution in [0.4, 0.5) is 0 Å². The second kappa shape index (κ2) is 6.27. The average Bonchev–Trinajstić information content (AvgIpc) is 2.47. The summed E-state index contributed by atoms with van der Waals surface area (Å²) in [5.41, 5.74) is 0.632. The third-order valence-electron chi connectivity index (χ3n) is 3.44. The Balaban J connectivity index is 2.63. The number of thiocarbonyl (C=S) groups is 1. The molecule has 1 fully saturated rings. The fourth-order valence-electron chi connectivity index (χ4n) is 2.39. The smallest absolute Gasteiger partial charge is 0.266 e. The summed E-state index contributed by atoms with van der Waals surface area (Å²) < 4.78 is 5.45. The number of hydrogen-bond acceptors (Lipinski definition) is 4. The van der Waals surface area contributed by atoms with Gasteiger partial charge in [-0.15, -0.1) is 0 Å².